The zero-order chi connectivity index (χ0) is 16.4. The quantitative estimate of drug-likeness (QED) is 0.855. The van der Waals surface area contributed by atoms with Crippen LogP contribution in [0.3, 0.4) is 0 Å². The van der Waals surface area contributed by atoms with Gasteiger partial charge in [-0.1, -0.05) is 34.4 Å². The van der Waals surface area contributed by atoms with Crippen molar-refractivity contribution >= 4 is 29.2 Å². The van der Waals surface area contributed by atoms with Crippen LogP contribution in [0.5, 0.6) is 0 Å². The second kappa shape index (κ2) is 6.76. The van der Waals surface area contributed by atoms with Crippen molar-refractivity contribution in [3.8, 4) is 0 Å². The van der Waals surface area contributed by atoms with Crippen LogP contribution in [0.25, 0.3) is 0 Å². The van der Waals surface area contributed by atoms with Gasteiger partial charge in [-0.05, 0) is 37.5 Å². The van der Waals surface area contributed by atoms with Crippen LogP contribution in [-0.2, 0) is 6.54 Å². The largest absolute Gasteiger partial charge is 0.337 e. The van der Waals surface area contributed by atoms with Crippen LogP contribution in [0.15, 0.2) is 22.7 Å². The van der Waals surface area contributed by atoms with Gasteiger partial charge in [-0.2, -0.15) is 4.98 Å². The molecule has 1 aliphatic rings. The Kier molecular flexibility index (Phi) is 4.73. The number of halogens is 2. The SMILES string of the molecule is CC(NC(=O)NCc1nc(C2CC2)no1)c1ccc(Cl)cc1Cl. The van der Waals surface area contributed by atoms with E-state index in [4.69, 9.17) is 27.7 Å². The average molecular weight is 355 g/mol. The molecule has 0 aliphatic heterocycles. The molecule has 1 aromatic heterocycles. The number of hydrogen-bond donors (Lipinski definition) is 2. The summed E-state index contributed by atoms with van der Waals surface area (Å²) in [4.78, 5) is 16.2. The molecule has 6 nitrogen and oxygen atoms in total. The second-order valence-electron chi connectivity index (χ2n) is 5.54. The zero-order valence-electron chi connectivity index (χ0n) is 12.5. The standard InChI is InChI=1S/C15H16Cl2N4O2/c1-8(11-5-4-10(16)6-12(11)17)19-15(22)18-7-13-20-14(21-23-13)9-2-3-9/h4-6,8-9H,2-3,7H2,1H3,(H2,18,19,22). The van der Waals surface area contributed by atoms with E-state index in [0.29, 0.717) is 21.9 Å². The molecule has 122 valence electrons. The summed E-state index contributed by atoms with van der Waals surface area (Å²) in [5, 5.41) is 10.4. The van der Waals surface area contributed by atoms with Gasteiger partial charge in [-0.25, -0.2) is 4.79 Å². The Hall–Kier alpha value is -1.79. The first kappa shape index (κ1) is 16.1. The van der Waals surface area contributed by atoms with E-state index in [-0.39, 0.29) is 18.6 Å². The van der Waals surface area contributed by atoms with Crippen molar-refractivity contribution in [1.29, 1.82) is 0 Å². The summed E-state index contributed by atoms with van der Waals surface area (Å²) in [7, 11) is 0. The van der Waals surface area contributed by atoms with Crippen LogP contribution in [-0.4, -0.2) is 16.2 Å². The number of carbonyl (C=O) groups is 1. The summed E-state index contributed by atoms with van der Waals surface area (Å²) in [5.41, 5.74) is 0.792. The molecule has 0 radical (unpaired) electrons. The van der Waals surface area contributed by atoms with Gasteiger partial charge >= 0.3 is 6.03 Å². The number of hydrogen-bond acceptors (Lipinski definition) is 4. The van der Waals surface area contributed by atoms with Gasteiger partial charge in [0.25, 0.3) is 0 Å². The van der Waals surface area contributed by atoms with Crippen LogP contribution >= 0.6 is 23.2 Å². The van der Waals surface area contributed by atoms with Crippen molar-refractivity contribution in [1.82, 2.24) is 20.8 Å². The van der Waals surface area contributed by atoms with E-state index >= 15 is 0 Å². The third-order valence-electron chi connectivity index (χ3n) is 3.60. The summed E-state index contributed by atoms with van der Waals surface area (Å²) in [5.74, 6) is 1.55. The molecule has 0 spiro atoms. The fraction of sp³-hybridized carbons (Fsp3) is 0.400. The number of amides is 2. The van der Waals surface area contributed by atoms with Crippen molar-refractivity contribution in [3.63, 3.8) is 0 Å². The van der Waals surface area contributed by atoms with Crippen molar-refractivity contribution in [2.75, 3.05) is 0 Å². The molecule has 3 rings (SSSR count). The van der Waals surface area contributed by atoms with E-state index in [9.17, 15) is 4.79 Å². The lowest BCUT2D eigenvalue weighted by molar-refractivity contribution is 0.235. The van der Waals surface area contributed by atoms with E-state index in [0.717, 1.165) is 24.2 Å². The monoisotopic (exact) mass is 354 g/mol. The molecule has 0 bridgehead atoms. The van der Waals surface area contributed by atoms with Gasteiger partial charge in [0.15, 0.2) is 5.82 Å². The Bertz CT molecular complexity index is 715. The first-order valence-corrected chi connectivity index (χ1v) is 8.10. The molecule has 1 aromatic carbocycles. The predicted molar refractivity (Wildman–Crippen MR) is 86.5 cm³/mol. The summed E-state index contributed by atoms with van der Waals surface area (Å²) in [6.07, 6.45) is 2.21. The molecule has 0 saturated heterocycles. The number of nitrogens with one attached hydrogen (secondary N) is 2. The lowest BCUT2D eigenvalue weighted by atomic mass is 10.1. The molecule has 23 heavy (non-hydrogen) atoms. The summed E-state index contributed by atoms with van der Waals surface area (Å²) in [6, 6.07) is 4.57. The van der Waals surface area contributed by atoms with E-state index < -0.39 is 0 Å². The molecule has 1 atom stereocenters. The third kappa shape index (κ3) is 4.14. The van der Waals surface area contributed by atoms with Gasteiger partial charge in [-0.3, -0.25) is 0 Å². The van der Waals surface area contributed by atoms with Crippen LogP contribution in [0.1, 0.15) is 49.0 Å². The van der Waals surface area contributed by atoms with Crippen molar-refractivity contribution in [3.05, 3.63) is 45.5 Å². The highest BCUT2D eigenvalue weighted by molar-refractivity contribution is 6.35. The fourth-order valence-corrected chi connectivity index (χ4v) is 2.75. The summed E-state index contributed by atoms with van der Waals surface area (Å²) < 4.78 is 5.10. The van der Waals surface area contributed by atoms with Crippen LogP contribution in [0.2, 0.25) is 10.0 Å². The number of benzene rings is 1. The highest BCUT2D eigenvalue weighted by Crippen LogP contribution is 2.38. The third-order valence-corrected chi connectivity index (χ3v) is 4.17. The van der Waals surface area contributed by atoms with Gasteiger partial charge in [0.1, 0.15) is 0 Å². The molecule has 1 unspecified atom stereocenters. The van der Waals surface area contributed by atoms with Gasteiger partial charge < -0.3 is 15.2 Å². The Morgan fingerprint density at radius 2 is 2.22 bits per heavy atom. The van der Waals surface area contributed by atoms with E-state index in [1.807, 2.05) is 6.92 Å². The first-order valence-electron chi connectivity index (χ1n) is 7.34. The lowest BCUT2D eigenvalue weighted by Gasteiger charge is -2.16. The maximum atomic E-state index is 12.0. The molecule has 1 fully saturated rings. The Balaban J connectivity index is 1.51. The second-order valence-corrected chi connectivity index (χ2v) is 6.38. The van der Waals surface area contributed by atoms with Crippen LogP contribution in [0.4, 0.5) is 4.79 Å². The maximum Gasteiger partial charge on any atom is 0.315 e. The molecule has 1 aliphatic carbocycles. The van der Waals surface area contributed by atoms with E-state index in [1.165, 1.54) is 0 Å². The van der Waals surface area contributed by atoms with Crippen molar-refractivity contribution in [2.24, 2.45) is 0 Å². The van der Waals surface area contributed by atoms with Crippen LogP contribution in [0, 0.1) is 0 Å². The van der Waals surface area contributed by atoms with Crippen molar-refractivity contribution < 1.29 is 9.32 Å². The number of rotatable bonds is 5. The van der Waals surface area contributed by atoms with E-state index in [2.05, 4.69) is 20.8 Å². The van der Waals surface area contributed by atoms with Gasteiger partial charge in [0.05, 0.1) is 12.6 Å². The Labute approximate surface area is 143 Å². The number of nitrogens with zero attached hydrogens (tertiary/aromatic N) is 2. The lowest BCUT2D eigenvalue weighted by Crippen LogP contribution is -2.36. The number of aromatic nitrogens is 2. The summed E-state index contributed by atoms with van der Waals surface area (Å²) in [6.45, 7) is 2.03. The van der Waals surface area contributed by atoms with Gasteiger partial charge in [-0.15, -0.1) is 0 Å². The Morgan fingerprint density at radius 3 is 2.91 bits per heavy atom. The molecule has 8 heteroatoms. The minimum atomic E-state index is -0.338. The molecular formula is C15H16Cl2N4O2. The number of urea groups is 1. The smallest absolute Gasteiger partial charge is 0.315 e. The molecule has 2 aromatic rings. The zero-order valence-corrected chi connectivity index (χ0v) is 14.0. The van der Waals surface area contributed by atoms with Gasteiger partial charge in [0.2, 0.25) is 5.89 Å². The van der Waals surface area contributed by atoms with Gasteiger partial charge in [0, 0.05) is 16.0 Å². The Morgan fingerprint density at radius 1 is 1.43 bits per heavy atom. The maximum absolute atomic E-state index is 12.0. The predicted octanol–water partition coefficient (Wildman–Crippen LogP) is 3.81. The molecule has 2 N–H and O–H groups in total. The molecular weight excluding hydrogens is 339 g/mol. The normalized spacial score (nSPS) is 15.3. The molecule has 2 amide bonds. The van der Waals surface area contributed by atoms with Crippen molar-refractivity contribution in [2.45, 2.75) is 38.3 Å². The molecule has 1 saturated carbocycles. The average Bonchev–Trinajstić information content (AvgIpc) is 3.24. The van der Waals surface area contributed by atoms with E-state index in [1.54, 1.807) is 18.2 Å². The minimum absolute atomic E-state index is 0.187. The minimum Gasteiger partial charge on any atom is -0.337 e. The first-order chi connectivity index (χ1) is 11.0. The number of carbonyl (C=O) groups excluding carboxylic acids is 1. The fourth-order valence-electron chi connectivity index (χ4n) is 2.18. The van der Waals surface area contributed by atoms with Crippen LogP contribution < -0.4 is 10.6 Å². The summed E-state index contributed by atoms with van der Waals surface area (Å²) >= 11 is 12.0. The highest BCUT2D eigenvalue weighted by Gasteiger charge is 2.28. The highest BCUT2D eigenvalue weighted by atomic mass is 35.5. The topological polar surface area (TPSA) is 80.0 Å². The molecule has 1 heterocycles.